The molecule has 34 heavy (non-hydrogen) atoms. The topological polar surface area (TPSA) is 96.2 Å². The van der Waals surface area contributed by atoms with E-state index in [-0.39, 0.29) is 35.6 Å². The fourth-order valence-corrected chi connectivity index (χ4v) is 4.08. The van der Waals surface area contributed by atoms with Crippen LogP contribution in [0.4, 0.5) is 5.69 Å². The molecule has 2 N–H and O–H groups in total. The number of hydrogen-bond acceptors (Lipinski definition) is 7. The second-order valence-electron chi connectivity index (χ2n) is 9.57. The Morgan fingerprint density at radius 1 is 1.21 bits per heavy atom. The quantitative estimate of drug-likeness (QED) is 0.563. The molecule has 9 heteroatoms. The van der Waals surface area contributed by atoms with Gasteiger partial charge in [-0.3, -0.25) is 9.78 Å². The third-order valence-corrected chi connectivity index (χ3v) is 5.92. The number of aromatic nitrogens is 3. The Morgan fingerprint density at radius 2 is 1.94 bits per heavy atom. The van der Waals surface area contributed by atoms with Gasteiger partial charge in [0.1, 0.15) is 0 Å². The molecule has 1 saturated heterocycles. The molecule has 3 heterocycles. The number of pyridine rings is 1. The largest absolute Gasteiger partial charge is 0.367 e. The monoisotopic (exact) mass is 484 g/mol. The summed E-state index contributed by atoms with van der Waals surface area (Å²) >= 11 is 0. The van der Waals surface area contributed by atoms with Gasteiger partial charge in [-0.25, -0.2) is 0 Å². The predicted molar refractivity (Wildman–Crippen MR) is 136 cm³/mol. The summed E-state index contributed by atoms with van der Waals surface area (Å²) in [6.45, 7) is 13.8. The third-order valence-electron chi connectivity index (χ3n) is 5.92. The fraction of sp³-hybridized carbons (Fsp3) is 0.440. The molecule has 0 aliphatic carbocycles. The second kappa shape index (κ2) is 10.5. The number of benzene rings is 1. The van der Waals surface area contributed by atoms with Crippen molar-refractivity contribution in [3.63, 3.8) is 0 Å². The highest BCUT2D eigenvalue weighted by molar-refractivity contribution is 5.90. The Bertz CT molecular complexity index is 1130. The molecule has 1 aromatic carbocycles. The molecule has 1 aliphatic rings. The number of carbonyl (C=O) groups excluding carboxylic acids is 1. The van der Waals surface area contributed by atoms with Crippen molar-refractivity contribution >= 4 is 24.0 Å². The van der Waals surface area contributed by atoms with Gasteiger partial charge >= 0.3 is 0 Å². The first kappa shape index (κ1) is 25.6. The number of carbonyl (C=O) groups is 1. The van der Waals surface area contributed by atoms with Crippen molar-refractivity contribution in [3.8, 4) is 11.1 Å². The highest BCUT2D eigenvalue weighted by atomic mass is 35.5. The highest BCUT2D eigenvalue weighted by Gasteiger charge is 2.25. The Balaban J connectivity index is 0.00000324. The molecule has 0 radical (unpaired) electrons. The van der Waals surface area contributed by atoms with E-state index in [0.29, 0.717) is 5.89 Å². The molecule has 0 saturated carbocycles. The zero-order valence-corrected chi connectivity index (χ0v) is 21.2. The lowest BCUT2D eigenvalue weighted by molar-refractivity contribution is 0.0926. The maximum atomic E-state index is 12.7. The molecule has 0 spiro atoms. The number of hydrogen-bond donors (Lipinski definition) is 2. The molecule has 4 rings (SSSR count). The van der Waals surface area contributed by atoms with Crippen LogP contribution in [0, 0.1) is 6.92 Å². The van der Waals surface area contributed by atoms with Crippen LogP contribution in [0.25, 0.3) is 11.1 Å². The van der Waals surface area contributed by atoms with Gasteiger partial charge < -0.3 is 20.1 Å². The average Bonchev–Trinajstić information content (AvgIpc) is 3.31. The fourth-order valence-electron chi connectivity index (χ4n) is 4.08. The van der Waals surface area contributed by atoms with Gasteiger partial charge in [-0.1, -0.05) is 44.1 Å². The number of nitrogens with one attached hydrogen (secondary N) is 2. The van der Waals surface area contributed by atoms with Crippen molar-refractivity contribution in [2.24, 2.45) is 0 Å². The smallest absolute Gasteiger partial charge is 0.293 e. The van der Waals surface area contributed by atoms with E-state index in [2.05, 4.69) is 61.8 Å². The van der Waals surface area contributed by atoms with Crippen LogP contribution in [0.15, 0.2) is 41.2 Å². The van der Waals surface area contributed by atoms with Gasteiger partial charge in [-0.2, -0.15) is 4.98 Å². The van der Waals surface area contributed by atoms with E-state index in [1.165, 1.54) is 5.56 Å². The van der Waals surface area contributed by atoms with Crippen molar-refractivity contribution in [1.82, 2.24) is 25.8 Å². The molecule has 1 unspecified atom stereocenters. The summed E-state index contributed by atoms with van der Waals surface area (Å²) in [5.41, 5.74) is 5.30. The van der Waals surface area contributed by atoms with Crippen molar-refractivity contribution in [2.75, 3.05) is 31.1 Å². The molecule has 3 aromatic rings. The number of rotatable bonds is 5. The van der Waals surface area contributed by atoms with Crippen LogP contribution >= 0.6 is 12.4 Å². The van der Waals surface area contributed by atoms with E-state index >= 15 is 0 Å². The standard InChI is InChI=1S/C25H32N6O2.ClH/c1-16-14-18(20-8-9-27-15-21(20)31-12-10-26-11-13-31)6-7-19(16)17(2)28-23(32)22-29-24(33-30-22)25(3,4)5;/h6-9,14-15,17,26H,10-13H2,1-5H3,(H,28,32);1H. The van der Waals surface area contributed by atoms with Crippen molar-refractivity contribution in [1.29, 1.82) is 0 Å². The number of anilines is 1. The van der Waals surface area contributed by atoms with E-state index in [0.717, 1.165) is 48.6 Å². The van der Waals surface area contributed by atoms with E-state index in [1.54, 1.807) is 0 Å². The summed E-state index contributed by atoms with van der Waals surface area (Å²) in [4.78, 5) is 23.7. The number of piperazine rings is 1. The average molecular weight is 485 g/mol. The molecular formula is C25H33ClN6O2. The summed E-state index contributed by atoms with van der Waals surface area (Å²) in [6, 6.07) is 8.23. The number of nitrogens with zero attached hydrogens (tertiary/aromatic N) is 4. The summed E-state index contributed by atoms with van der Waals surface area (Å²) in [7, 11) is 0. The maximum absolute atomic E-state index is 12.7. The number of aryl methyl sites for hydroxylation is 1. The van der Waals surface area contributed by atoms with Gasteiger partial charge in [0.25, 0.3) is 11.7 Å². The lowest BCUT2D eigenvalue weighted by Gasteiger charge is -2.31. The van der Waals surface area contributed by atoms with Crippen LogP contribution in [0.2, 0.25) is 0 Å². The molecule has 182 valence electrons. The van der Waals surface area contributed by atoms with Crippen LogP contribution in [0.5, 0.6) is 0 Å². The minimum atomic E-state index is -0.347. The first-order valence-electron chi connectivity index (χ1n) is 11.4. The zero-order valence-electron chi connectivity index (χ0n) is 20.4. The molecule has 1 fully saturated rings. The Labute approximate surface area is 206 Å². The maximum Gasteiger partial charge on any atom is 0.293 e. The van der Waals surface area contributed by atoms with Gasteiger partial charge in [0, 0.05) is 43.4 Å². The van der Waals surface area contributed by atoms with Gasteiger partial charge in [0.2, 0.25) is 5.89 Å². The van der Waals surface area contributed by atoms with Gasteiger partial charge in [-0.15, -0.1) is 12.4 Å². The summed E-state index contributed by atoms with van der Waals surface area (Å²) < 4.78 is 5.25. The summed E-state index contributed by atoms with van der Waals surface area (Å²) in [5.74, 6) is 0.150. The minimum absolute atomic E-state index is 0. The van der Waals surface area contributed by atoms with Crippen molar-refractivity contribution in [2.45, 2.75) is 46.1 Å². The zero-order chi connectivity index (χ0) is 23.6. The van der Waals surface area contributed by atoms with E-state index in [1.807, 2.05) is 40.1 Å². The van der Waals surface area contributed by atoms with Crippen LogP contribution in [0.3, 0.4) is 0 Å². The van der Waals surface area contributed by atoms with Crippen molar-refractivity contribution < 1.29 is 9.32 Å². The molecular weight excluding hydrogens is 452 g/mol. The molecule has 8 nitrogen and oxygen atoms in total. The Kier molecular flexibility index (Phi) is 7.94. The second-order valence-corrected chi connectivity index (χ2v) is 9.57. The minimum Gasteiger partial charge on any atom is -0.367 e. The van der Waals surface area contributed by atoms with Gasteiger partial charge in [-0.05, 0) is 36.6 Å². The van der Waals surface area contributed by atoms with Crippen LogP contribution in [-0.2, 0) is 5.41 Å². The predicted octanol–water partition coefficient (Wildman–Crippen LogP) is 4.06. The Hall–Kier alpha value is -2.97. The van der Waals surface area contributed by atoms with E-state index in [4.69, 9.17) is 4.52 Å². The van der Waals surface area contributed by atoms with Gasteiger partial charge in [0.15, 0.2) is 0 Å². The first-order valence-corrected chi connectivity index (χ1v) is 11.4. The van der Waals surface area contributed by atoms with E-state index < -0.39 is 0 Å². The van der Waals surface area contributed by atoms with E-state index in [9.17, 15) is 4.79 Å². The Morgan fingerprint density at radius 3 is 2.59 bits per heavy atom. The van der Waals surface area contributed by atoms with Crippen molar-refractivity contribution in [3.05, 3.63) is 59.5 Å². The molecule has 1 amide bonds. The highest BCUT2D eigenvalue weighted by Crippen LogP contribution is 2.32. The molecule has 1 aliphatic heterocycles. The van der Waals surface area contributed by atoms with Crippen LogP contribution < -0.4 is 15.5 Å². The number of halogens is 1. The summed E-state index contributed by atoms with van der Waals surface area (Å²) in [5, 5.41) is 10.2. The third kappa shape index (κ3) is 5.56. The SMILES string of the molecule is Cc1cc(-c2ccncc2N2CCNCC2)ccc1C(C)NC(=O)c1noc(C(C)(C)C)n1.Cl. The lowest BCUT2D eigenvalue weighted by atomic mass is 9.96. The summed E-state index contributed by atoms with van der Waals surface area (Å²) in [6.07, 6.45) is 3.79. The number of amides is 1. The van der Waals surface area contributed by atoms with Crippen LogP contribution in [0.1, 0.15) is 61.4 Å². The molecule has 2 aromatic heterocycles. The normalized spacial score (nSPS) is 14.9. The van der Waals surface area contributed by atoms with Crippen LogP contribution in [-0.4, -0.2) is 47.2 Å². The first-order chi connectivity index (χ1) is 15.7. The lowest BCUT2D eigenvalue weighted by Crippen LogP contribution is -2.43. The molecule has 1 atom stereocenters. The molecule has 0 bridgehead atoms. The van der Waals surface area contributed by atoms with Gasteiger partial charge in [0.05, 0.1) is 17.9 Å².